The molecule has 3 rings (SSSR count). The van der Waals surface area contributed by atoms with Gasteiger partial charge >= 0.3 is 15.6 Å². The van der Waals surface area contributed by atoms with Crippen LogP contribution in [0.25, 0.3) is 0 Å². The number of halogens is 3. The normalized spacial score (nSPS) is 13.6. The molecule has 0 radical (unpaired) electrons. The summed E-state index contributed by atoms with van der Waals surface area (Å²) in [6, 6.07) is 7.51. The van der Waals surface area contributed by atoms with Gasteiger partial charge in [0.25, 0.3) is 0 Å². The minimum Gasteiger partial charge on any atom is -0.376 e. The first kappa shape index (κ1) is 16.3. The number of hydrogen-bond donors (Lipinski definition) is 0. The van der Waals surface area contributed by atoms with Crippen molar-refractivity contribution in [2.45, 2.75) is 18.3 Å². The molecule has 1 heterocycles. The van der Waals surface area contributed by atoms with Crippen LogP contribution in [0, 0.1) is 11.8 Å². The summed E-state index contributed by atoms with van der Waals surface area (Å²) in [6.45, 7) is 0. The lowest BCUT2D eigenvalue weighted by Gasteiger charge is -2.13. The molecule has 0 atom stereocenters. The Bertz CT molecular complexity index is 957. The Balaban J connectivity index is 1.95. The van der Waals surface area contributed by atoms with Gasteiger partial charge in [-0.1, -0.05) is 12.0 Å². The zero-order valence-electron chi connectivity index (χ0n) is 12.1. The zero-order valence-corrected chi connectivity index (χ0v) is 12.9. The van der Waals surface area contributed by atoms with E-state index in [0.29, 0.717) is 29.7 Å². The quantitative estimate of drug-likeness (QED) is 0.473. The number of fused-ring (bicyclic) bond motifs is 2. The molecule has 2 aromatic rings. The van der Waals surface area contributed by atoms with Gasteiger partial charge in [-0.05, 0) is 54.2 Å². The Hall–Kier alpha value is -2.53. The Morgan fingerprint density at radius 1 is 1.08 bits per heavy atom. The van der Waals surface area contributed by atoms with E-state index in [0.717, 1.165) is 11.6 Å². The lowest BCUT2D eigenvalue weighted by Crippen LogP contribution is -2.28. The molecule has 1 aliphatic rings. The molecule has 0 saturated heterocycles. The topological polar surface area (TPSA) is 56.3 Å². The Morgan fingerprint density at radius 3 is 2.58 bits per heavy atom. The monoisotopic (exact) mass is 353 g/mol. The molecule has 0 aliphatic heterocycles. The van der Waals surface area contributed by atoms with Crippen molar-refractivity contribution >= 4 is 10.1 Å². The van der Waals surface area contributed by atoms with Crippen LogP contribution in [-0.2, 0) is 23.0 Å². The first-order chi connectivity index (χ1) is 11.3. The molecule has 0 unspecified atom stereocenters. The van der Waals surface area contributed by atoms with Crippen LogP contribution in [0.1, 0.15) is 22.4 Å². The van der Waals surface area contributed by atoms with E-state index < -0.39 is 15.6 Å². The van der Waals surface area contributed by atoms with E-state index in [1.54, 1.807) is 12.3 Å². The third-order valence-corrected chi connectivity index (χ3v) is 4.42. The summed E-state index contributed by atoms with van der Waals surface area (Å²) in [5, 5.41) is 0. The van der Waals surface area contributed by atoms with Crippen molar-refractivity contribution in [3.8, 4) is 17.6 Å². The van der Waals surface area contributed by atoms with Crippen molar-refractivity contribution in [3.63, 3.8) is 0 Å². The molecule has 0 saturated carbocycles. The number of hydrogen-bond acceptors (Lipinski definition) is 4. The summed E-state index contributed by atoms with van der Waals surface area (Å²) < 4.78 is 63.5. The van der Waals surface area contributed by atoms with Gasteiger partial charge in [0.2, 0.25) is 0 Å². The average Bonchev–Trinajstić information content (AvgIpc) is 2.49. The number of nitrogens with zero attached hydrogens (tertiary/aromatic N) is 1. The summed E-state index contributed by atoms with van der Waals surface area (Å²) in [5.74, 6) is 5.43. The highest BCUT2D eigenvalue weighted by Crippen LogP contribution is 2.28. The fourth-order valence-electron chi connectivity index (χ4n) is 2.27. The molecule has 1 aliphatic carbocycles. The van der Waals surface area contributed by atoms with Gasteiger partial charge in [-0.25, -0.2) is 4.98 Å². The number of rotatable bonds is 2. The number of benzene rings is 1. The standard InChI is InChI=1S/C16H10F3NO3S/c17-16(18,19)24(21,22)23-14-7-5-11-6-8-15-12(2-1-9-20-15)3-4-13(11)10-14/h1-2,5,7,9-10H,3-4H2. The fourth-order valence-corrected chi connectivity index (χ4v) is 2.72. The van der Waals surface area contributed by atoms with Gasteiger partial charge in [0, 0.05) is 11.8 Å². The van der Waals surface area contributed by atoms with Crippen molar-refractivity contribution in [2.24, 2.45) is 0 Å². The first-order valence-electron chi connectivity index (χ1n) is 6.86. The van der Waals surface area contributed by atoms with E-state index >= 15 is 0 Å². The average molecular weight is 353 g/mol. The number of aryl methyl sites for hydroxylation is 2. The SMILES string of the molecule is O=S(=O)(Oc1ccc2c(c1)CCc1cccnc1C#C2)C(F)(F)F. The summed E-state index contributed by atoms with van der Waals surface area (Å²) in [7, 11) is -5.69. The maximum Gasteiger partial charge on any atom is 0.534 e. The van der Waals surface area contributed by atoms with Gasteiger partial charge in [-0.3, -0.25) is 0 Å². The fraction of sp³-hybridized carbons (Fsp3) is 0.188. The summed E-state index contributed by atoms with van der Waals surface area (Å²) >= 11 is 0. The maximum absolute atomic E-state index is 12.4. The molecular formula is C16H10F3NO3S. The molecule has 1 aromatic carbocycles. The van der Waals surface area contributed by atoms with E-state index in [9.17, 15) is 21.6 Å². The lowest BCUT2D eigenvalue weighted by atomic mass is 9.96. The number of pyridine rings is 1. The van der Waals surface area contributed by atoms with Crippen molar-refractivity contribution in [2.75, 3.05) is 0 Å². The Labute approximate surface area is 136 Å². The second kappa shape index (κ2) is 5.83. The van der Waals surface area contributed by atoms with Crippen LogP contribution in [0.15, 0.2) is 36.5 Å². The maximum atomic E-state index is 12.4. The molecule has 8 heteroatoms. The van der Waals surface area contributed by atoms with Crippen LogP contribution >= 0.6 is 0 Å². The molecular weight excluding hydrogens is 343 g/mol. The third-order valence-electron chi connectivity index (χ3n) is 3.44. The second-order valence-corrected chi connectivity index (χ2v) is 6.60. The number of aromatic nitrogens is 1. The van der Waals surface area contributed by atoms with Gasteiger partial charge in [-0.2, -0.15) is 21.6 Å². The minimum atomic E-state index is -5.69. The van der Waals surface area contributed by atoms with Crippen LogP contribution in [0.5, 0.6) is 5.75 Å². The Morgan fingerprint density at radius 2 is 1.83 bits per heavy atom. The Kier molecular flexibility index (Phi) is 3.97. The predicted octanol–water partition coefficient (Wildman–Crippen LogP) is 2.81. The van der Waals surface area contributed by atoms with Crippen molar-refractivity contribution in [1.29, 1.82) is 0 Å². The highest BCUT2D eigenvalue weighted by Gasteiger charge is 2.48. The van der Waals surface area contributed by atoms with Crippen molar-refractivity contribution < 1.29 is 25.8 Å². The summed E-state index contributed by atoms with van der Waals surface area (Å²) in [5.41, 5.74) is -2.68. The van der Waals surface area contributed by atoms with E-state index in [1.165, 1.54) is 12.1 Å². The second-order valence-electron chi connectivity index (χ2n) is 5.06. The van der Waals surface area contributed by atoms with Gasteiger partial charge < -0.3 is 4.18 Å². The van der Waals surface area contributed by atoms with E-state index in [1.807, 2.05) is 6.07 Å². The highest BCUT2D eigenvalue weighted by atomic mass is 32.2. The molecule has 1 aromatic heterocycles. The molecule has 24 heavy (non-hydrogen) atoms. The van der Waals surface area contributed by atoms with Crippen LogP contribution in [0.4, 0.5) is 13.2 Å². The van der Waals surface area contributed by atoms with Gasteiger partial charge in [0.1, 0.15) is 11.4 Å². The molecule has 0 amide bonds. The first-order valence-corrected chi connectivity index (χ1v) is 8.27. The van der Waals surface area contributed by atoms with Crippen molar-refractivity contribution in [3.05, 3.63) is 58.9 Å². The lowest BCUT2D eigenvalue weighted by molar-refractivity contribution is -0.0500. The van der Waals surface area contributed by atoms with Gasteiger partial charge in [0.15, 0.2) is 0 Å². The zero-order chi connectivity index (χ0) is 17.4. The van der Waals surface area contributed by atoms with Crippen molar-refractivity contribution in [1.82, 2.24) is 4.98 Å². The minimum absolute atomic E-state index is 0.389. The summed E-state index contributed by atoms with van der Waals surface area (Å²) in [4.78, 5) is 4.18. The molecule has 0 fully saturated rings. The third kappa shape index (κ3) is 3.21. The van der Waals surface area contributed by atoms with Crippen LogP contribution in [0.2, 0.25) is 0 Å². The van der Waals surface area contributed by atoms with E-state index in [4.69, 9.17) is 0 Å². The summed E-state index contributed by atoms with van der Waals surface area (Å²) in [6.07, 6.45) is 2.70. The smallest absolute Gasteiger partial charge is 0.376 e. The molecule has 0 N–H and O–H groups in total. The number of alkyl halides is 3. The van der Waals surface area contributed by atoms with E-state index in [2.05, 4.69) is 21.0 Å². The van der Waals surface area contributed by atoms with E-state index in [-0.39, 0.29) is 5.75 Å². The van der Waals surface area contributed by atoms with Crippen LogP contribution in [-0.4, -0.2) is 18.9 Å². The molecule has 4 nitrogen and oxygen atoms in total. The van der Waals surface area contributed by atoms with Crippen LogP contribution in [0.3, 0.4) is 0 Å². The van der Waals surface area contributed by atoms with Gasteiger partial charge in [-0.15, -0.1) is 0 Å². The highest BCUT2D eigenvalue weighted by molar-refractivity contribution is 7.88. The molecule has 0 spiro atoms. The largest absolute Gasteiger partial charge is 0.534 e. The molecule has 0 bridgehead atoms. The van der Waals surface area contributed by atoms with Gasteiger partial charge in [0.05, 0.1) is 0 Å². The molecule has 124 valence electrons. The van der Waals surface area contributed by atoms with Crippen LogP contribution < -0.4 is 4.18 Å². The predicted molar refractivity (Wildman–Crippen MR) is 79.7 cm³/mol.